The van der Waals surface area contributed by atoms with Gasteiger partial charge in [0.05, 0.1) is 12.1 Å². The first kappa shape index (κ1) is 14.5. The number of halogens is 1. The Morgan fingerprint density at radius 3 is 2.95 bits per heavy atom. The average molecular weight is 286 g/mol. The number of nitrogens with one attached hydrogen (secondary N) is 1. The number of hydrogen-bond acceptors (Lipinski definition) is 5. The molecule has 106 valence electrons. The van der Waals surface area contributed by atoms with Gasteiger partial charge in [0.15, 0.2) is 5.82 Å². The van der Waals surface area contributed by atoms with Gasteiger partial charge in [-0.25, -0.2) is 9.97 Å². The van der Waals surface area contributed by atoms with E-state index >= 15 is 0 Å². The van der Waals surface area contributed by atoms with E-state index in [9.17, 15) is 5.11 Å². The molecule has 0 aliphatic heterocycles. The van der Waals surface area contributed by atoms with Gasteiger partial charge < -0.3 is 15.2 Å². The molecule has 19 heavy (non-hydrogen) atoms. The van der Waals surface area contributed by atoms with Crippen LogP contribution in [0.25, 0.3) is 0 Å². The molecule has 1 aromatic rings. The summed E-state index contributed by atoms with van der Waals surface area (Å²) in [4.78, 5) is 8.42. The molecule has 0 spiro atoms. The van der Waals surface area contributed by atoms with E-state index in [1.54, 1.807) is 13.2 Å². The Morgan fingerprint density at radius 2 is 2.16 bits per heavy atom. The van der Waals surface area contributed by atoms with Crippen molar-refractivity contribution < 1.29 is 9.84 Å². The molecule has 1 saturated carbocycles. The van der Waals surface area contributed by atoms with E-state index in [0.717, 1.165) is 25.7 Å². The van der Waals surface area contributed by atoms with Crippen LogP contribution in [0.15, 0.2) is 6.07 Å². The first-order chi connectivity index (χ1) is 9.19. The second-order valence-electron chi connectivity index (χ2n) is 4.88. The molecule has 1 fully saturated rings. The van der Waals surface area contributed by atoms with Crippen molar-refractivity contribution in [2.24, 2.45) is 0 Å². The van der Waals surface area contributed by atoms with E-state index in [0.29, 0.717) is 23.4 Å². The van der Waals surface area contributed by atoms with Crippen LogP contribution < -0.4 is 5.32 Å². The van der Waals surface area contributed by atoms with Crippen molar-refractivity contribution in [2.45, 2.75) is 50.9 Å². The van der Waals surface area contributed by atoms with Crippen LogP contribution in [0.4, 0.5) is 5.82 Å². The van der Waals surface area contributed by atoms with E-state index < -0.39 is 0 Å². The summed E-state index contributed by atoms with van der Waals surface area (Å²) in [7, 11) is 1.59. The fourth-order valence-electron chi connectivity index (χ4n) is 2.38. The number of aliphatic hydroxyl groups excluding tert-OH is 1. The molecule has 1 aliphatic rings. The predicted molar refractivity (Wildman–Crippen MR) is 74.3 cm³/mol. The van der Waals surface area contributed by atoms with Crippen molar-refractivity contribution in [3.05, 3.63) is 17.0 Å². The topological polar surface area (TPSA) is 67.3 Å². The van der Waals surface area contributed by atoms with Crippen molar-refractivity contribution in [3.63, 3.8) is 0 Å². The maximum Gasteiger partial charge on any atom is 0.158 e. The van der Waals surface area contributed by atoms with Crippen LogP contribution in [-0.2, 0) is 11.3 Å². The van der Waals surface area contributed by atoms with Gasteiger partial charge in [-0.05, 0) is 12.8 Å². The molecule has 2 rings (SSSR count). The van der Waals surface area contributed by atoms with Crippen LogP contribution in [0.2, 0.25) is 5.15 Å². The largest absolute Gasteiger partial charge is 0.391 e. The summed E-state index contributed by atoms with van der Waals surface area (Å²) >= 11 is 5.96. The van der Waals surface area contributed by atoms with Crippen LogP contribution >= 0.6 is 11.6 Å². The number of hydrogen-bond donors (Lipinski definition) is 2. The van der Waals surface area contributed by atoms with Gasteiger partial charge in [-0.15, -0.1) is 0 Å². The molecule has 1 heterocycles. The summed E-state index contributed by atoms with van der Waals surface area (Å²) in [5.41, 5.74) is 0. The lowest BCUT2D eigenvalue weighted by Crippen LogP contribution is -2.32. The number of nitrogens with zero attached hydrogens (tertiary/aromatic N) is 2. The summed E-state index contributed by atoms with van der Waals surface area (Å²) < 4.78 is 5.01. The van der Waals surface area contributed by atoms with Crippen LogP contribution in [0.3, 0.4) is 0 Å². The Bertz CT molecular complexity index is 417. The van der Waals surface area contributed by atoms with Gasteiger partial charge in [0.1, 0.15) is 17.6 Å². The van der Waals surface area contributed by atoms with Crippen LogP contribution in [-0.4, -0.2) is 34.3 Å². The van der Waals surface area contributed by atoms with Crippen molar-refractivity contribution in [1.29, 1.82) is 0 Å². The van der Waals surface area contributed by atoms with E-state index in [1.165, 1.54) is 6.42 Å². The Morgan fingerprint density at radius 1 is 1.37 bits per heavy atom. The molecular formula is C13H20ClN3O2. The van der Waals surface area contributed by atoms with E-state index in [1.807, 2.05) is 0 Å². The van der Waals surface area contributed by atoms with E-state index in [-0.39, 0.29) is 12.1 Å². The zero-order chi connectivity index (χ0) is 13.7. The van der Waals surface area contributed by atoms with E-state index in [2.05, 4.69) is 15.3 Å². The van der Waals surface area contributed by atoms with E-state index in [4.69, 9.17) is 16.3 Å². The summed E-state index contributed by atoms with van der Waals surface area (Å²) in [6.45, 7) is 0.322. The number of aromatic nitrogens is 2. The maximum absolute atomic E-state index is 10.1. The lowest BCUT2D eigenvalue weighted by Gasteiger charge is -2.22. The highest BCUT2D eigenvalue weighted by atomic mass is 35.5. The normalized spacial score (nSPS) is 23.9. The van der Waals surface area contributed by atoms with Crippen molar-refractivity contribution in [2.75, 3.05) is 12.4 Å². The molecule has 5 nitrogen and oxygen atoms in total. The molecule has 0 aromatic carbocycles. The first-order valence-electron chi connectivity index (χ1n) is 6.66. The average Bonchev–Trinajstić information content (AvgIpc) is 2.55. The third-order valence-electron chi connectivity index (χ3n) is 3.33. The predicted octanol–water partition coefficient (Wildman–Crippen LogP) is 2.38. The minimum absolute atomic E-state index is 0.0314. The summed E-state index contributed by atoms with van der Waals surface area (Å²) in [6.07, 6.45) is 4.83. The van der Waals surface area contributed by atoms with Crippen molar-refractivity contribution in [1.82, 2.24) is 9.97 Å². The second kappa shape index (κ2) is 7.03. The van der Waals surface area contributed by atoms with Gasteiger partial charge in [-0.3, -0.25) is 0 Å². The Kier molecular flexibility index (Phi) is 5.36. The fourth-order valence-corrected chi connectivity index (χ4v) is 2.58. The molecule has 2 unspecified atom stereocenters. The molecule has 0 saturated heterocycles. The van der Waals surface area contributed by atoms with Gasteiger partial charge in [0.2, 0.25) is 0 Å². The molecule has 0 bridgehead atoms. The smallest absolute Gasteiger partial charge is 0.158 e. The first-order valence-corrected chi connectivity index (χ1v) is 7.04. The molecule has 0 amide bonds. The third-order valence-corrected chi connectivity index (χ3v) is 3.52. The molecule has 2 atom stereocenters. The standard InChI is InChI=1S/C13H20ClN3O2/c1-19-8-13-16-11(14)7-12(17-13)15-9-5-3-2-4-6-10(9)18/h7,9-10,18H,2-6,8H2,1H3,(H,15,16,17). The zero-order valence-corrected chi connectivity index (χ0v) is 11.9. The Labute approximate surface area is 118 Å². The Balaban J connectivity index is 2.08. The van der Waals surface area contributed by atoms with Gasteiger partial charge in [-0.1, -0.05) is 30.9 Å². The molecule has 0 radical (unpaired) electrons. The molecular weight excluding hydrogens is 266 g/mol. The maximum atomic E-state index is 10.1. The van der Waals surface area contributed by atoms with Crippen LogP contribution in [0.1, 0.15) is 37.9 Å². The highest BCUT2D eigenvalue weighted by Gasteiger charge is 2.22. The summed E-state index contributed by atoms with van der Waals surface area (Å²) in [5, 5.41) is 13.7. The number of anilines is 1. The third kappa shape index (κ3) is 4.30. The minimum atomic E-state index is -0.331. The summed E-state index contributed by atoms with van der Waals surface area (Å²) in [6, 6.07) is 1.71. The molecule has 2 N–H and O–H groups in total. The highest BCUT2D eigenvalue weighted by molar-refractivity contribution is 6.29. The van der Waals surface area contributed by atoms with Gasteiger partial charge in [-0.2, -0.15) is 0 Å². The highest BCUT2D eigenvalue weighted by Crippen LogP contribution is 2.22. The zero-order valence-electron chi connectivity index (χ0n) is 11.1. The number of methoxy groups -OCH3 is 1. The lowest BCUT2D eigenvalue weighted by atomic mass is 10.1. The fraction of sp³-hybridized carbons (Fsp3) is 0.692. The van der Waals surface area contributed by atoms with Gasteiger partial charge in [0.25, 0.3) is 0 Å². The number of ether oxygens (including phenoxy) is 1. The van der Waals surface area contributed by atoms with Crippen molar-refractivity contribution >= 4 is 17.4 Å². The lowest BCUT2D eigenvalue weighted by molar-refractivity contribution is 0.144. The monoisotopic (exact) mass is 285 g/mol. The minimum Gasteiger partial charge on any atom is -0.391 e. The summed E-state index contributed by atoms with van der Waals surface area (Å²) in [5.74, 6) is 1.19. The van der Waals surface area contributed by atoms with Gasteiger partial charge in [0, 0.05) is 13.2 Å². The quantitative estimate of drug-likeness (QED) is 0.657. The second-order valence-corrected chi connectivity index (χ2v) is 5.27. The number of rotatable bonds is 4. The van der Waals surface area contributed by atoms with Crippen LogP contribution in [0, 0.1) is 0 Å². The number of aliphatic hydroxyl groups is 1. The molecule has 1 aromatic heterocycles. The SMILES string of the molecule is COCc1nc(Cl)cc(NC2CCCCCC2O)n1. The van der Waals surface area contributed by atoms with Crippen molar-refractivity contribution in [3.8, 4) is 0 Å². The van der Waals surface area contributed by atoms with Gasteiger partial charge >= 0.3 is 0 Å². The molecule has 6 heteroatoms. The Hall–Kier alpha value is -0.910. The molecule has 1 aliphatic carbocycles. The van der Waals surface area contributed by atoms with Crippen LogP contribution in [0.5, 0.6) is 0 Å².